The lowest BCUT2D eigenvalue weighted by atomic mass is 9.75. The minimum atomic E-state index is -1.01. The maximum Gasteiger partial charge on any atom is 0.322 e. The third-order valence-electron chi connectivity index (χ3n) is 3.92. The second-order valence-corrected chi connectivity index (χ2v) is 4.96. The van der Waals surface area contributed by atoms with Crippen molar-refractivity contribution in [3.8, 4) is 0 Å². The minimum Gasteiger partial charge on any atom is -0.318 e. The van der Waals surface area contributed by atoms with Gasteiger partial charge in [-0.25, -0.2) is 4.79 Å². The van der Waals surface area contributed by atoms with Crippen LogP contribution in [0.3, 0.4) is 0 Å². The molecule has 2 fully saturated rings. The molecule has 6 heteroatoms. The molecule has 0 radical (unpaired) electrons. The Labute approximate surface area is 111 Å². The number of pyridine rings is 1. The van der Waals surface area contributed by atoms with Gasteiger partial charge < -0.3 is 10.6 Å². The topological polar surface area (TPSA) is 83.1 Å². The van der Waals surface area contributed by atoms with Crippen LogP contribution in [0.4, 0.5) is 4.79 Å². The standard InChI is InChI=1S/C13H16N4O2/c18-11-13(17-12(19)16-11,9-4-7-14-8-5-9)10-3-1-2-6-15-10/h1-3,6,9,14H,4-5,7-8H2,(H2,16,17,18,19)/t13-/m1/s1. The fraction of sp³-hybridized carbons (Fsp3) is 0.462. The first kappa shape index (κ1) is 12.1. The first-order valence-corrected chi connectivity index (χ1v) is 6.49. The zero-order chi connectivity index (χ0) is 13.3. The van der Waals surface area contributed by atoms with Crippen molar-refractivity contribution in [3.05, 3.63) is 30.1 Å². The molecule has 2 saturated heterocycles. The van der Waals surface area contributed by atoms with Gasteiger partial charge >= 0.3 is 6.03 Å². The van der Waals surface area contributed by atoms with Gasteiger partial charge in [-0.15, -0.1) is 0 Å². The number of nitrogens with zero attached hydrogens (tertiary/aromatic N) is 1. The molecule has 1 aromatic heterocycles. The van der Waals surface area contributed by atoms with Crippen LogP contribution >= 0.6 is 0 Å². The lowest BCUT2D eigenvalue weighted by Crippen LogP contribution is -2.53. The average molecular weight is 260 g/mol. The molecule has 3 N–H and O–H groups in total. The van der Waals surface area contributed by atoms with Crippen molar-refractivity contribution in [2.75, 3.05) is 13.1 Å². The van der Waals surface area contributed by atoms with Gasteiger partial charge in [-0.2, -0.15) is 0 Å². The fourth-order valence-electron chi connectivity index (χ4n) is 3.00. The Morgan fingerprint density at radius 1 is 1.21 bits per heavy atom. The molecule has 0 unspecified atom stereocenters. The van der Waals surface area contributed by atoms with Crippen molar-refractivity contribution in [3.63, 3.8) is 0 Å². The molecule has 0 bridgehead atoms. The third kappa shape index (κ3) is 1.88. The maximum absolute atomic E-state index is 12.4. The van der Waals surface area contributed by atoms with Crippen molar-refractivity contribution in [2.24, 2.45) is 5.92 Å². The van der Waals surface area contributed by atoms with Gasteiger partial charge in [-0.05, 0) is 44.0 Å². The summed E-state index contributed by atoms with van der Waals surface area (Å²) in [6, 6.07) is 5.00. The third-order valence-corrected chi connectivity index (χ3v) is 3.92. The Morgan fingerprint density at radius 3 is 2.58 bits per heavy atom. The number of hydrogen-bond acceptors (Lipinski definition) is 4. The molecule has 3 amide bonds. The molecule has 0 spiro atoms. The monoisotopic (exact) mass is 260 g/mol. The molecule has 0 aromatic carbocycles. The highest BCUT2D eigenvalue weighted by Gasteiger charge is 2.54. The summed E-state index contributed by atoms with van der Waals surface area (Å²) in [6.45, 7) is 1.70. The van der Waals surface area contributed by atoms with E-state index in [1.54, 1.807) is 18.3 Å². The predicted molar refractivity (Wildman–Crippen MR) is 68.2 cm³/mol. The van der Waals surface area contributed by atoms with Crippen LogP contribution in [-0.4, -0.2) is 30.0 Å². The zero-order valence-electron chi connectivity index (χ0n) is 10.5. The molecule has 100 valence electrons. The van der Waals surface area contributed by atoms with Gasteiger partial charge in [0.05, 0.1) is 5.69 Å². The minimum absolute atomic E-state index is 0.0649. The lowest BCUT2D eigenvalue weighted by Gasteiger charge is -2.36. The van der Waals surface area contributed by atoms with Gasteiger partial charge in [0, 0.05) is 6.20 Å². The van der Waals surface area contributed by atoms with E-state index in [2.05, 4.69) is 20.9 Å². The summed E-state index contributed by atoms with van der Waals surface area (Å²) in [5.74, 6) is -0.224. The first-order chi connectivity index (χ1) is 9.23. The van der Waals surface area contributed by atoms with Crippen LogP contribution in [0.1, 0.15) is 18.5 Å². The van der Waals surface area contributed by atoms with E-state index in [9.17, 15) is 9.59 Å². The number of carbonyl (C=O) groups excluding carboxylic acids is 2. The Morgan fingerprint density at radius 2 is 2.00 bits per heavy atom. The molecule has 3 rings (SSSR count). The van der Waals surface area contributed by atoms with Crippen LogP contribution in [0, 0.1) is 5.92 Å². The Kier molecular flexibility index (Phi) is 2.94. The summed E-state index contributed by atoms with van der Waals surface area (Å²) in [4.78, 5) is 28.2. The van der Waals surface area contributed by atoms with Gasteiger partial charge in [0.2, 0.25) is 0 Å². The van der Waals surface area contributed by atoms with E-state index in [1.165, 1.54) is 0 Å². The first-order valence-electron chi connectivity index (χ1n) is 6.49. The van der Waals surface area contributed by atoms with E-state index in [4.69, 9.17) is 0 Å². The Hall–Kier alpha value is -1.95. The van der Waals surface area contributed by atoms with E-state index in [0.717, 1.165) is 25.9 Å². The van der Waals surface area contributed by atoms with Crippen molar-refractivity contribution >= 4 is 11.9 Å². The van der Waals surface area contributed by atoms with E-state index in [0.29, 0.717) is 5.69 Å². The van der Waals surface area contributed by atoms with E-state index >= 15 is 0 Å². The number of urea groups is 1. The van der Waals surface area contributed by atoms with Gasteiger partial charge in [0.1, 0.15) is 0 Å². The summed E-state index contributed by atoms with van der Waals surface area (Å²) < 4.78 is 0. The van der Waals surface area contributed by atoms with Gasteiger partial charge in [0.15, 0.2) is 5.54 Å². The van der Waals surface area contributed by atoms with Gasteiger partial charge in [-0.3, -0.25) is 15.1 Å². The molecule has 2 aliphatic rings. The van der Waals surface area contributed by atoms with E-state index in [-0.39, 0.29) is 11.8 Å². The molecule has 1 aromatic rings. The smallest absolute Gasteiger partial charge is 0.318 e. The Balaban J connectivity index is 2.05. The second kappa shape index (κ2) is 4.62. The molecule has 2 aliphatic heterocycles. The van der Waals surface area contributed by atoms with Gasteiger partial charge in [-0.1, -0.05) is 6.07 Å². The molecule has 0 saturated carbocycles. The number of imide groups is 1. The van der Waals surface area contributed by atoms with E-state index < -0.39 is 11.6 Å². The molecular weight excluding hydrogens is 244 g/mol. The second-order valence-electron chi connectivity index (χ2n) is 4.96. The SMILES string of the molecule is O=C1NC(=O)[C@](c2ccccn2)(C2CCNCC2)N1. The number of hydrogen-bond donors (Lipinski definition) is 3. The van der Waals surface area contributed by atoms with E-state index in [1.807, 2.05) is 6.07 Å². The van der Waals surface area contributed by atoms with Crippen LogP contribution in [0.15, 0.2) is 24.4 Å². The summed E-state index contributed by atoms with van der Waals surface area (Å²) in [6.07, 6.45) is 3.32. The van der Waals surface area contributed by atoms with Crippen LogP contribution < -0.4 is 16.0 Å². The normalized spacial score (nSPS) is 28.0. The highest BCUT2D eigenvalue weighted by Crippen LogP contribution is 2.36. The number of piperidine rings is 1. The maximum atomic E-state index is 12.4. The van der Waals surface area contributed by atoms with Crippen molar-refractivity contribution in [2.45, 2.75) is 18.4 Å². The fourth-order valence-corrected chi connectivity index (χ4v) is 3.00. The van der Waals surface area contributed by atoms with Crippen LogP contribution in [-0.2, 0) is 10.3 Å². The van der Waals surface area contributed by atoms with Crippen LogP contribution in [0.25, 0.3) is 0 Å². The van der Waals surface area contributed by atoms with Gasteiger partial charge in [0.25, 0.3) is 5.91 Å². The lowest BCUT2D eigenvalue weighted by molar-refractivity contribution is -0.127. The molecular formula is C13H16N4O2. The summed E-state index contributed by atoms with van der Waals surface area (Å²) in [5.41, 5.74) is -0.397. The summed E-state index contributed by atoms with van der Waals surface area (Å²) >= 11 is 0. The number of nitrogens with one attached hydrogen (secondary N) is 3. The number of aromatic nitrogens is 1. The molecule has 19 heavy (non-hydrogen) atoms. The van der Waals surface area contributed by atoms with Crippen molar-refractivity contribution in [1.82, 2.24) is 20.9 Å². The highest BCUT2D eigenvalue weighted by atomic mass is 16.2. The number of carbonyl (C=O) groups is 2. The molecule has 3 heterocycles. The molecule has 1 atom stereocenters. The molecule has 0 aliphatic carbocycles. The quantitative estimate of drug-likeness (QED) is 0.659. The molecule has 6 nitrogen and oxygen atoms in total. The van der Waals surface area contributed by atoms with Crippen LogP contribution in [0.5, 0.6) is 0 Å². The zero-order valence-corrected chi connectivity index (χ0v) is 10.5. The predicted octanol–water partition coefficient (Wildman–Crippen LogP) is 0.116. The summed E-state index contributed by atoms with van der Waals surface area (Å²) in [5, 5.41) is 8.44. The highest BCUT2D eigenvalue weighted by molar-refractivity contribution is 6.07. The summed E-state index contributed by atoms with van der Waals surface area (Å²) in [7, 11) is 0. The largest absolute Gasteiger partial charge is 0.322 e. The van der Waals surface area contributed by atoms with Crippen molar-refractivity contribution in [1.29, 1.82) is 0 Å². The van der Waals surface area contributed by atoms with Crippen molar-refractivity contribution < 1.29 is 9.59 Å². The Bertz CT molecular complexity index is 499. The number of rotatable bonds is 2. The number of amides is 3. The van der Waals surface area contributed by atoms with Crippen LogP contribution in [0.2, 0.25) is 0 Å². The average Bonchev–Trinajstić information content (AvgIpc) is 2.76.